The van der Waals surface area contributed by atoms with Crippen molar-refractivity contribution in [2.24, 2.45) is 17.8 Å². The van der Waals surface area contributed by atoms with E-state index in [0.29, 0.717) is 56.9 Å². The summed E-state index contributed by atoms with van der Waals surface area (Å²) < 4.78 is 5.96. The number of amides is 3. The minimum absolute atomic E-state index is 0.00244. The van der Waals surface area contributed by atoms with Crippen LogP contribution in [0.15, 0.2) is 24.3 Å². The van der Waals surface area contributed by atoms with E-state index in [1.54, 1.807) is 28.0 Å². The van der Waals surface area contributed by atoms with Gasteiger partial charge in [0.25, 0.3) is 0 Å². The van der Waals surface area contributed by atoms with Crippen LogP contribution in [0.2, 0.25) is 0 Å². The zero-order valence-electron chi connectivity index (χ0n) is 24.1. The molecule has 0 saturated carbocycles. The smallest absolute Gasteiger partial charge is 0.307 e. The van der Waals surface area contributed by atoms with Gasteiger partial charge in [0.1, 0.15) is 17.8 Å². The number of hydrogen-bond donors (Lipinski definition) is 1. The van der Waals surface area contributed by atoms with E-state index in [1.165, 1.54) is 6.92 Å². The summed E-state index contributed by atoms with van der Waals surface area (Å²) in [4.78, 5) is 56.0. The molecule has 39 heavy (non-hydrogen) atoms. The Kier molecular flexibility index (Phi) is 10.8. The van der Waals surface area contributed by atoms with Crippen molar-refractivity contribution < 1.29 is 29.0 Å². The van der Waals surface area contributed by atoms with Gasteiger partial charge >= 0.3 is 5.97 Å². The molecule has 0 spiro atoms. The summed E-state index contributed by atoms with van der Waals surface area (Å²) in [6.45, 7) is 12.3. The highest BCUT2D eigenvalue weighted by atomic mass is 16.5. The molecule has 1 N–H and O–H groups in total. The minimum atomic E-state index is -0.877. The van der Waals surface area contributed by atoms with Crippen molar-refractivity contribution in [2.75, 3.05) is 32.8 Å². The number of carboxylic acids is 1. The maximum atomic E-state index is 13.8. The summed E-state index contributed by atoms with van der Waals surface area (Å²) in [6.07, 6.45) is 2.74. The molecule has 1 aromatic rings. The van der Waals surface area contributed by atoms with Crippen LogP contribution in [0.1, 0.15) is 65.9 Å². The predicted octanol–water partition coefficient (Wildman–Crippen LogP) is 3.45. The van der Waals surface area contributed by atoms with Crippen molar-refractivity contribution in [2.45, 2.75) is 78.8 Å². The largest absolute Gasteiger partial charge is 0.493 e. The highest BCUT2D eigenvalue weighted by Gasteiger charge is 2.42. The first-order valence-electron chi connectivity index (χ1n) is 14.3. The molecule has 9 heteroatoms. The van der Waals surface area contributed by atoms with E-state index in [0.717, 1.165) is 12.8 Å². The van der Waals surface area contributed by atoms with Crippen molar-refractivity contribution in [1.29, 1.82) is 0 Å². The van der Waals surface area contributed by atoms with Crippen LogP contribution in [0.3, 0.4) is 0 Å². The molecule has 2 saturated heterocycles. The second kappa shape index (κ2) is 13.8. The maximum absolute atomic E-state index is 13.8. The van der Waals surface area contributed by atoms with Gasteiger partial charge in [-0.2, -0.15) is 0 Å². The lowest BCUT2D eigenvalue weighted by molar-refractivity contribution is -0.159. The number of carbonyl (C=O) groups is 4. The molecule has 3 amide bonds. The molecular formula is C30H45N3O6. The van der Waals surface area contributed by atoms with E-state index >= 15 is 0 Å². The first-order chi connectivity index (χ1) is 18.5. The Morgan fingerprint density at radius 3 is 2.31 bits per heavy atom. The Balaban J connectivity index is 1.62. The average molecular weight is 544 g/mol. The number of piperidine rings is 1. The van der Waals surface area contributed by atoms with Crippen LogP contribution in [0, 0.1) is 17.8 Å². The second-order valence-corrected chi connectivity index (χ2v) is 11.8. The quantitative estimate of drug-likeness (QED) is 0.458. The Bertz CT molecular complexity index is 1020. The number of carboxylic acid groups (broad SMARTS) is 1. The lowest BCUT2D eigenvalue weighted by atomic mass is 9.93. The Morgan fingerprint density at radius 1 is 1.03 bits per heavy atom. The standard InChI is InChI=1S/C30H45N3O6/c1-20(2)15-26(33-14-13-32(22(5)34)27(30(33)38)16-21(3)4)29(37)31-11-9-23(10-12-31)19-39-25-8-6-7-24(17-25)18-28(35)36/h6-8,17,20-21,23,26-27H,9-16,18-19H2,1-5H3,(H,35,36)/t26-,27-/m0/s1. The number of hydrogen-bond acceptors (Lipinski definition) is 5. The molecule has 0 radical (unpaired) electrons. The number of rotatable bonds is 11. The number of piperazine rings is 1. The highest BCUT2D eigenvalue weighted by molar-refractivity contribution is 5.92. The third-order valence-corrected chi connectivity index (χ3v) is 7.65. The van der Waals surface area contributed by atoms with Gasteiger partial charge in [0.05, 0.1) is 13.0 Å². The van der Waals surface area contributed by atoms with Gasteiger partial charge in [-0.1, -0.05) is 39.8 Å². The fourth-order valence-corrected chi connectivity index (χ4v) is 5.64. The normalized spacial score (nSPS) is 19.5. The van der Waals surface area contributed by atoms with E-state index in [2.05, 4.69) is 13.8 Å². The molecule has 216 valence electrons. The first kappa shape index (κ1) is 30.4. The van der Waals surface area contributed by atoms with Gasteiger partial charge in [0.15, 0.2) is 0 Å². The van der Waals surface area contributed by atoms with E-state index in [-0.39, 0.29) is 41.9 Å². The topological polar surface area (TPSA) is 107 Å². The molecule has 0 unspecified atom stereocenters. The van der Waals surface area contributed by atoms with Crippen LogP contribution in [0.5, 0.6) is 5.75 Å². The zero-order chi connectivity index (χ0) is 28.7. The maximum Gasteiger partial charge on any atom is 0.307 e. The molecule has 0 aliphatic carbocycles. The number of carbonyl (C=O) groups excluding carboxylic acids is 3. The van der Waals surface area contributed by atoms with Gasteiger partial charge in [0.2, 0.25) is 17.7 Å². The van der Waals surface area contributed by atoms with Gasteiger partial charge in [0, 0.05) is 33.1 Å². The number of nitrogens with zero attached hydrogens (tertiary/aromatic N) is 3. The zero-order valence-corrected chi connectivity index (χ0v) is 24.1. The fourth-order valence-electron chi connectivity index (χ4n) is 5.64. The minimum Gasteiger partial charge on any atom is -0.493 e. The molecule has 2 heterocycles. The van der Waals surface area contributed by atoms with Crippen LogP contribution < -0.4 is 4.74 Å². The predicted molar refractivity (Wildman–Crippen MR) is 148 cm³/mol. The lowest BCUT2D eigenvalue weighted by Crippen LogP contribution is -2.63. The second-order valence-electron chi connectivity index (χ2n) is 11.8. The SMILES string of the molecule is CC(=O)N1CCN([C@@H](CC(C)C)C(=O)N2CCC(COc3cccc(CC(=O)O)c3)CC2)C(=O)[C@@H]1CC(C)C. The molecular weight excluding hydrogens is 498 g/mol. The highest BCUT2D eigenvalue weighted by Crippen LogP contribution is 2.26. The van der Waals surface area contributed by atoms with Crippen LogP contribution in [0.4, 0.5) is 0 Å². The van der Waals surface area contributed by atoms with Crippen molar-refractivity contribution in [3.63, 3.8) is 0 Å². The summed E-state index contributed by atoms with van der Waals surface area (Å²) in [5.41, 5.74) is 0.700. The number of aliphatic carboxylic acids is 1. The molecule has 2 aliphatic rings. The van der Waals surface area contributed by atoms with Crippen LogP contribution in [-0.2, 0) is 25.6 Å². The summed E-state index contributed by atoms with van der Waals surface area (Å²) in [5, 5.41) is 9.02. The summed E-state index contributed by atoms with van der Waals surface area (Å²) in [7, 11) is 0. The van der Waals surface area contributed by atoms with E-state index in [1.807, 2.05) is 24.8 Å². The van der Waals surface area contributed by atoms with Crippen LogP contribution >= 0.6 is 0 Å². The van der Waals surface area contributed by atoms with Crippen molar-refractivity contribution in [1.82, 2.24) is 14.7 Å². The third-order valence-electron chi connectivity index (χ3n) is 7.65. The third kappa shape index (κ3) is 8.44. The van der Waals surface area contributed by atoms with Crippen LogP contribution in [-0.4, -0.2) is 88.4 Å². The van der Waals surface area contributed by atoms with Crippen molar-refractivity contribution >= 4 is 23.7 Å². The summed E-state index contributed by atoms with van der Waals surface area (Å²) in [6, 6.07) is 6.12. The Hall–Kier alpha value is -3.10. The number of likely N-dealkylation sites (tertiary alicyclic amines) is 1. The van der Waals surface area contributed by atoms with E-state index in [9.17, 15) is 19.2 Å². The van der Waals surface area contributed by atoms with Gasteiger partial charge in [-0.3, -0.25) is 19.2 Å². The van der Waals surface area contributed by atoms with Gasteiger partial charge < -0.3 is 24.5 Å². The fraction of sp³-hybridized carbons (Fsp3) is 0.667. The Labute approximate surface area is 232 Å². The molecule has 3 rings (SSSR count). The molecule has 2 aliphatic heterocycles. The van der Waals surface area contributed by atoms with Gasteiger partial charge in [-0.05, 0) is 61.1 Å². The summed E-state index contributed by atoms with van der Waals surface area (Å²) in [5.74, 6) is 0.344. The molecule has 1 aromatic carbocycles. The number of ether oxygens (including phenoxy) is 1. The Morgan fingerprint density at radius 2 is 1.72 bits per heavy atom. The molecule has 0 bridgehead atoms. The van der Waals surface area contributed by atoms with Crippen molar-refractivity contribution in [3.05, 3.63) is 29.8 Å². The molecule has 2 atom stereocenters. The number of benzene rings is 1. The average Bonchev–Trinajstić information content (AvgIpc) is 2.86. The van der Waals surface area contributed by atoms with Gasteiger partial charge in [-0.15, -0.1) is 0 Å². The molecule has 2 fully saturated rings. The molecule has 0 aromatic heterocycles. The molecule has 9 nitrogen and oxygen atoms in total. The monoisotopic (exact) mass is 543 g/mol. The van der Waals surface area contributed by atoms with Crippen LogP contribution in [0.25, 0.3) is 0 Å². The van der Waals surface area contributed by atoms with Crippen molar-refractivity contribution in [3.8, 4) is 5.75 Å². The first-order valence-corrected chi connectivity index (χ1v) is 14.3. The van der Waals surface area contributed by atoms with E-state index < -0.39 is 18.1 Å². The van der Waals surface area contributed by atoms with E-state index in [4.69, 9.17) is 9.84 Å². The summed E-state index contributed by atoms with van der Waals surface area (Å²) >= 11 is 0. The van der Waals surface area contributed by atoms with Gasteiger partial charge in [-0.25, -0.2) is 0 Å². The lowest BCUT2D eigenvalue weighted by Gasteiger charge is -2.45.